The maximum atomic E-state index is 3.63. The molecule has 0 fully saturated rings. The topological polar surface area (TPSA) is 0 Å². The van der Waals surface area contributed by atoms with Crippen LogP contribution >= 0.6 is 31.9 Å². The van der Waals surface area contributed by atoms with E-state index in [1.165, 1.54) is 25.7 Å². The zero-order valence-corrected chi connectivity index (χ0v) is 11.1. The molecule has 2 heteroatoms. The van der Waals surface area contributed by atoms with Crippen LogP contribution in [0.1, 0.15) is 39.5 Å². The lowest BCUT2D eigenvalue weighted by atomic mass is 10.1. The van der Waals surface area contributed by atoms with E-state index in [0.29, 0.717) is 9.65 Å². The highest BCUT2D eigenvalue weighted by molar-refractivity contribution is 9.10. The molecule has 0 aromatic carbocycles. The monoisotopic (exact) mass is 296 g/mol. The van der Waals surface area contributed by atoms with Crippen molar-refractivity contribution in [3.05, 3.63) is 12.2 Å². The van der Waals surface area contributed by atoms with Gasteiger partial charge in [0.1, 0.15) is 0 Å². The Morgan fingerprint density at radius 1 is 1.17 bits per heavy atom. The number of alkyl halides is 2. The summed E-state index contributed by atoms with van der Waals surface area (Å²) in [4.78, 5) is 1.05. The molecule has 2 atom stereocenters. The van der Waals surface area contributed by atoms with E-state index in [2.05, 4.69) is 57.9 Å². The van der Waals surface area contributed by atoms with Gasteiger partial charge >= 0.3 is 0 Å². The third-order valence-electron chi connectivity index (χ3n) is 1.67. The number of hydrogen-bond acceptors (Lipinski definition) is 0. The first-order valence-electron chi connectivity index (χ1n) is 4.63. The second-order valence-corrected chi connectivity index (χ2v) is 5.69. The van der Waals surface area contributed by atoms with Crippen LogP contribution in [0.4, 0.5) is 0 Å². The lowest BCUT2D eigenvalue weighted by molar-refractivity contribution is 0.683. The van der Waals surface area contributed by atoms with Gasteiger partial charge in [0, 0.05) is 9.65 Å². The quantitative estimate of drug-likeness (QED) is 0.380. The maximum Gasteiger partial charge on any atom is 0.0325 e. The summed E-state index contributed by atoms with van der Waals surface area (Å²) in [5, 5.41) is 0. The van der Waals surface area contributed by atoms with Gasteiger partial charge in [0.05, 0.1) is 0 Å². The highest BCUT2D eigenvalue weighted by atomic mass is 79.9. The molecule has 0 saturated carbocycles. The highest BCUT2D eigenvalue weighted by Gasteiger charge is 1.98. The fourth-order valence-corrected chi connectivity index (χ4v) is 1.64. The van der Waals surface area contributed by atoms with Crippen molar-refractivity contribution in [2.75, 3.05) is 0 Å². The Labute approximate surface area is 93.1 Å². The van der Waals surface area contributed by atoms with Gasteiger partial charge in [-0.2, -0.15) is 0 Å². The molecule has 12 heavy (non-hydrogen) atoms. The summed E-state index contributed by atoms with van der Waals surface area (Å²) < 4.78 is 0. The number of hydrogen-bond donors (Lipinski definition) is 0. The molecule has 0 aromatic heterocycles. The third kappa shape index (κ3) is 8.79. The summed E-state index contributed by atoms with van der Waals surface area (Å²) in [7, 11) is 0. The summed E-state index contributed by atoms with van der Waals surface area (Å²) in [6.45, 7) is 4.36. The van der Waals surface area contributed by atoms with Crippen LogP contribution in [0.3, 0.4) is 0 Å². The van der Waals surface area contributed by atoms with Crippen LogP contribution in [0.2, 0.25) is 0 Å². The number of unbranched alkanes of at least 4 members (excludes halogenated alkanes) is 2. The first kappa shape index (κ1) is 12.7. The fraction of sp³-hybridized carbons (Fsp3) is 0.800. The molecule has 0 bridgehead atoms. The molecule has 0 aliphatic carbocycles. The number of allylic oxidation sites excluding steroid dienone is 2. The Hall–Kier alpha value is 0.700. The SMILES string of the molecule is CCCCCC(Br)/C=C/C(C)Br. The molecule has 0 saturated heterocycles. The van der Waals surface area contributed by atoms with E-state index >= 15 is 0 Å². The molecule has 2 unspecified atom stereocenters. The van der Waals surface area contributed by atoms with Gasteiger partial charge in [-0.1, -0.05) is 70.2 Å². The molecule has 0 aromatic rings. The Kier molecular flexibility index (Phi) is 8.79. The van der Waals surface area contributed by atoms with Crippen LogP contribution in [0.15, 0.2) is 12.2 Å². The van der Waals surface area contributed by atoms with Crippen molar-refractivity contribution in [2.45, 2.75) is 49.2 Å². The first-order valence-corrected chi connectivity index (χ1v) is 6.46. The van der Waals surface area contributed by atoms with Gasteiger partial charge in [-0.25, -0.2) is 0 Å². The second kappa shape index (κ2) is 8.31. The molecule has 0 aliphatic rings. The van der Waals surface area contributed by atoms with Crippen LogP contribution in [0, 0.1) is 0 Å². The van der Waals surface area contributed by atoms with Gasteiger partial charge in [0.25, 0.3) is 0 Å². The fourth-order valence-electron chi connectivity index (χ4n) is 0.959. The smallest absolute Gasteiger partial charge is 0.0325 e. The highest BCUT2D eigenvalue weighted by Crippen LogP contribution is 2.13. The average molecular weight is 298 g/mol. The van der Waals surface area contributed by atoms with Gasteiger partial charge in [-0.15, -0.1) is 0 Å². The van der Waals surface area contributed by atoms with Crippen LogP contribution in [0.25, 0.3) is 0 Å². The summed E-state index contributed by atoms with van der Waals surface area (Å²) in [5.74, 6) is 0. The molecule has 0 spiro atoms. The van der Waals surface area contributed by atoms with Crippen molar-refractivity contribution in [1.82, 2.24) is 0 Å². The summed E-state index contributed by atoms with van der Waals surface area (Å²) in [5.41, 5.74) is 0. The molecule has 72 valence electrons. The van der Waals surface area contributed by atoms with Crippen molar-refractivity contribution < 1.29 is 0 Å². The lowest BCUT2D eigenvalue weighted by Crippen LogP contribution is -1.93. The van der Waals surface area contributed by atoms with E-state index in [1.54, 1.807) is 0 Å². The molecule has 0 nitrogen and oxygen atoms in total. The minimum absolute atomic E-state index is 0.490. The zero-order chi connectivity index (χ0) is 9.40. The van der Waals surface area contributed by atoms with E-state index in [1.807, 2.05) is 0 Å². The van der Waals surface area contributed by atoms with E-state index in [0.717, 1.165) is 0 Å². The van der Waals surface area contributed by atoms with Gasteiger partial charge in [-0.3, -0.25) is 0 Å². The zero-order valence-electron chi connectivity index (χ0n) is 7.89. The lowest BCUT2D eigenvalue weighted by Gasteiger charge is -2.03. The maximum absolute atomic E-state index is 3.63. The van der Waals surface area contributed by atoms with Crippen molar-refractivity contribution in [1.29, 1.82) is 0 Å². The summed E-state index contributed by atoms with van der Waals surface area (Å²) in [6, 6.07) is 0. The Morgan fingerprint density at radius 2 is 1.83 bits per heavy atom. The number of rotatable bonds is 6. The normalized spacial score (nSPS) is 16.7. The van der Waals surface area contributed by atoms with E-state index < -0.39 is 0 Å². The molecule has 0 N–H and O–H groups in total. The molecule has 0 radical (unpaired) electrons. The number of halogens is 2. The van der Waals surface area contributed by atoms with Crippen molar-refractivity contribution in [2.24, 2.45) is 0 Å². The second-order valence-electron chi connectivity index (χ2n) is 3.07. The standard InChI is InChI=1S/C10H18Br2/c1-3-4-5-6-10(12)8-7-9(2)11/h7-10H,3-6H2,1-2H3/b8-7+. The van der Waals surface area contributed by atoms with Crippen molar-refractivity contribution >= 4 is 31.9 Å². The molecule has 0 amide bonds. The van der Waals surface area contributed by atoms with Crippen LogP contribution in [-0.4, -0.2) is 9.65 Å². The molecular formula is C10H18Br2. The molecule has 0 aliphatic heterocycles. The Balaban J connectivity index is 3.38. The van der Waals surface area contributed by atoms with Gasteiger partial charge in [0.2, 0.25) is 0 Å². The Bertz CT molecular complexity index is 119. The third-order valence-corrected chi connectivity index (χ3v) is 2.74. The minimum atomic E-state index is 0.490. The van der Waals surface area contributed by atoms with E-state index in [9.17, 15) is 0 Å². The van der Waals surface area contributed by atoms with Gasteiger partial charge in [0.15, 0.2) is 0 Å². The van der Waals surface area contributed by atoms with Crippen LogP contribution in [0.5, 0.6) is 0 Å². The molecule has 0 heterocycles. The van der Waals surface area contributed by atoms with E-state index in [4.69, 9.17) is 0 Å². The summed E-state index contributed by atoms with van der Waals surface area (Å²) >= 11 is 7.11. The molecular weight excluding hydrogens is 280 g/mol. The van der Waals surface area contributed by atoms with Crippen molar-refractivity contribution in [3.8, 4) is 0 Å². The predicted molar refractivity (Wildman–Crippen MR) is 64.4 cm³/mol. The minimum Gasteiger partial charge on any atom is -0.0848 e. The van der Waals surface area contributed by atoms with Gasteiger partial charge in [-0.05, 0) is 13.3 Å². The largest absolute Gasteiger partial charge is 0.0848 e. The average Bonchev–Trinajstić information content (AvgIpc) is 2.01. The van der Waals surface area contributed by atoms with Crippen LogP contribution < -0.4 is 0 Å². The Morgan fingerprint density at radius 3 is 2.33 bits per heavy atom. The first-order chi connectivity index (χ1) is 5.66. The van der Waals surface area contributed by atoms with Crippen molar-refractivity contribution in [3.63, 3.8) is 0 Å². The van der Waals surface area contributed by atoms with Gasteiger partial charge < -0.3 is 0 Å². The molecule has 0 rings (SSSR count). The van der Waals surface area contributed by atoms with E-state index in [-0.39, 0.29) is 0 Å². The summed E-state index contributed by atoms with van der Waals surface area (Å²) in [6.07, 6.45) is 9.65. The van der Waals surface area contributed by atoms with Crippen LogP contribution in [-0.2, 0) is 0 Å². The predicted octanol–water partition coefficient (Wildman–Crippen LogP) is 4.67.